The third-order valence-corrected chi connectivity index (χ3v) is 6.36. The number of nitrogens with zero attached hydrogens (tertiary/aromatic N) is 1. The Balaban J connectivity index is 1.74. The maximum Gasteiger partial charge on any atom is 0.243 e. The number of phenols is 1. The van der Waals surface area contributed by atoms with Gasteiger partial charge in [-0.2, -0.15) is 4.31 Å². The van der Waals surface area contributed by atoms with Gasteiger partial charge in [-0.3, -0.25) is 4.79 Å². The van der Waals surface area contributed by atoms with Crippen LogP contribution in [0.25, 0.3) is 0 Å². The summed E-state index contributed by atoms with van der Waals surface area (Å²) in [4.78, 5) is 12.3. The zero-order valence-corrected chi connectivity index (χ0v) is 15.8. The summed E-state index contributed by atoms with van der Waals surface area (Å²) in [5, 5.41) is 12.6. The van der Waals surface area contributed by atoms with Crippen LogP contribution in [0.1, 0.15) is 18.4 Å². The molecule has 0 atom stereocenters. The van der Waals surface area contributed by atoms with Crippen LogP contribution in [0.3, 0.4) is 0 Å². The first-order chi connectivity index (χ1) is 12.9. The molecule has 7 nitrogen and oxygen atoms in total. The molecule has 0 aromatic heterocycles. The Morgan fingerprint density at radius 3 is 2.44 bits per heavy atom. The molecule has 0 unspecified atom stereocenters. The maximum atomic E-state index is 12.7. The van der Waals surface area contributed by atoms with Gasteiger partial charge in [0.25, 0.3) is 0 Å². The van der Waals surface area contributed by atoms with Crippen LogP contribution in [0.4, 0.5) is 5.69 Å². The van der Waals surface area contributed by atoms with Crippen LogP contribution < -0.4 is 10.1 Å². The smallest absolute Gasteiger partial charge is 0.243 e. The van der Waals surface area contributed by atoms with E-state index in [2.05, 4.69) is 5.32 Å². The normalized spacial score (nSPS) is 14.9. The van der Waals surface area contributed by atoms with Crippen LogP contribution >= 0.6 is 0 Å². The van der Waals surface area contributed by atoms with Gasteiger partial charge in [0.1, 0.15) is 11.5 Å². The van der Waals surface area contributed by atoms with Crippen LogP contribution in [0, 0.1) is 0 Å². The predicted molar refractivity (Wildman–Crippen MR) is 101 cm³/mol. The minimum Gasteiger partial charge on any atom is -0.506 e. The fourth-order valence-corrected chi connectivity index (χ4v) is 4.52. The van der Waals surface area contributed by atoms with Gasteiger partial charge >= 0.3 is 0 Å². The number of rotatable bonds is 6. The zero-order chi connectivity index (χ0) is 19.4. The second-order valence-corrected chi connectivity index (χ2v) is 8.30. The number of methoxy groups -OCH3 is 1. The Labute approximate surface area is 158 Å². The second kappa shape index (κ2) is 7.98. The zero-order valence-electron chi connectivity index (χ0n) is 15.0. The number of nitrogens with one attached hydrogen (secondary N) is 1. The van der Waals surface area contributed by atoms with Crippen LogP contribution in [0.5, 0.6) is 11.5 Å². The second-order valence-electron chi connectivity index (χ2n) is 6.36. The van der Waals surface area contributed by atoms with Crippen molar-refractivity contribution >= 4 is 21.6 Å². The number of carbonyl (C=O) groups is 1. The number of carbonyl (C=O) groups excluding carboxylic acids is 1. The molecule has 1 saturated heterocycles. The molecule has 27 heavy (non-hydrogen) atoms. The van der Waals surface area contributed by atoms with Crippen molar-refractivity contribution in [1.29, 1.82) is 0 Å². The van der Waals surface area contributed by atoms with Gasteiger partial charge in [0.2, 0.25) is 15.9 Å². The van der Waals surface area contributed by atoms with Gasteiger partial charge in [-0.15, -0.1) is 0 Å². The first kappa shape index (κ1) is 19.2. The van der Waals surface area contributed by atoms with Crippen LogP contribution in [-0.4, -0.2) is 43.9 Å². The average molecular weight is 390 g/mol. The van der Waals surface area contributed by atoms with Crippen molar-refractivity contribution in [3.63, 3.8) is 0 Å². The average Bonchev–Trinajstić information content (AvgIpc) is 3.19. The van der Waals surface area contributed by atoms with Crippen LogP contribution in [0.2, 0.25) is 0 Å². The molecule has 0 radical (unpaired) electrons. The molecule has 2 N–H and O–H groups in total. The molecule has 1 aliphatic rings. The standard InChI is InChI=1S/C19H22N2O5S/c1-26-15-6-4-14(5-7-15)12-19(23)20-17-13-16(8-9-18(17)22)27(24,25)21-10-2-3-11-21/h4-9,13,22H,2-3,10-12H2,1H3,(H,20,23). The van der Waals surface area contributed by atoms with Gasteiger partial charge in [0, 0.05) is 13.1 Å². The third-order valence-electron chi connectivity index (χ3n) is 4.47. The van der Waals surface area contributed by atoms with Crippen molar-refractivity contribution in [2.24, 2.45) is 0 Å². The third kappa shape index (κ3) is 4.40. The minimum atomic E-state index is -3.62. The van der Waals surface area contributed by atoms with E-state index in [9.17, 15) is 18.3 Å². The molecule has 0 bridgehead atoms. The Morgan fingerprint density at radius 1 is 1.15 bits per heavy atom. The van der Waals surface area contributed by atoms with Crippen molar-refractivity contribution in [2.75, 3.05) is 25.5 Å². The van der Waals surface area contributed by atoms with E-state index in [0.29, 0.717) is 18.8 Å². The topological polar surface area (TPSA) is 95.9 Å². The predicted octanol–water partition coefficient (Wildman–Crippen LogP) is 2.37. The number of anilines is 1. The molecule has 1 aliphatic heterocycles. The SMILES string of the molecule is COc1ccc(CC(=O)Nc2cc(S(=O)(=O)N3CCCC3)ccc2O)cc1. The number of hydrogen-bond donors (Lipinski definition) is 2. The van der Waals surface area contributed by atoms with Gasteiger partial charge < -0.3 is 15.2 Å². The Hall–Kier alpha value is -2.58. The van der Waals surface area contributed by atoms with E-state index in [-0.39, 0.29) is 28.7 Å². The summed E-state index contributed by atoms with van der Waals surface area (Å²) in [6, 6.07) is 11.0. The highest BCUT2D eigenvalue weighted by Crippen LogP contribution is 2.29. The first-order valence-electron chi connectivity index (χ1n) is 8.66. The molecule has 0 spiro atoms. The van der Waals surface area contributed by atoms with Crippen molar-refractivity contribution in [2.45, 2.75) is 24.2 Å². The molecule has 2 aromatic carbocycles. The van der Waals surface area contributed by atoms with Gasteiger partial charge in [-0.05, 0) is 48.7 Å². The van der Waals surface area contributed by atoms with Gasteiger partial charge in [-0.1, -0.05) is 12.1 Å². The summed E-state index contributed by atoms with van der Waals surface area (Å²) in [6.45, 7) is 0.977. The summed E-state index contributed by atoms with van der Waals surface area (Å²) < 4.78 is 31.8. The first-order valence-corrected chi connectivity index (χ1v) is 10.1. The fraction of sp³-hybridized carbons (Fsp3) is 0.316. The number of aromatic hydroxyl groups is 1. The van der Waals surface area contributed by atoms with E-state index < -0.39 is 10.0 Å². The molecule has 1 heterocycles. The molecular weight excluding hydrogens is 368 g/mol. The highest BCUT2D eigenvalue weighted by Gasteiger charge is 2.27. The molecule has 0 saturated carbocycles. The number of phenolic OH excluding ortho intramolecular Hbond substituents is 1. The quantitative estimate of drug-likeness (QED) is 0.738. The van der Waals surface area contributed by atoms with Gasteiger partial charge in [-0.25, -0.2) is 8.42 Å². The maximum absolute atomic E-state index is 12.7. The summed E-state index contributed by atoms with van der Waals surface area (Å²) in [5.74, 6) is 0.154. The van der Waals surface area contributed by atoms with Crippen molar-refractivity contribution < 1.29 is 23.1 Å². The Bertz CT molecular complexity index is 920. The minimum absolute atomic E-state index is 0.0574. The molecule has 3 rings (SSSR count). The van der Waals surface area contributed by atoms with Crippen molar-refractivity contribution in [1.82, 2.24) is 4.31 Å². The van der Waals surface area contributed by atoms with E-state index in [4.69, 9.17) is 4.74 Å². The van der Waals surface area contributed by atoms with Crippen LogP contribution in [-0.2, 0) is 21.2 Å². The molecule has 8 heteroatoms. The van der Waals surface area contributed by atoms with E-state index in [1.165, 1.54) is 22.5 Å². The molecule has 0 aliphatic carbocycles. The van der Waals surface area contributed by atoms with Gasteiger partial charge in [0.15, 0.2) is 0 Å². The van der Waals surface area contributed by atoms with E-state index in [1.807, 2.05) is 0 Å². The van der Waals surface area contributed by atoms with Gasteiger partial charge in [0.05, 0.1) is 24.1 Å². The summed E-state index contributed by atoms with van der Waals surface area (Å²) in [7, 11) is -2.06. The lowest BCUT2D eigenvalue weighted by Crippen LogP contribution is -2.28. The number of ether oxygens (including phenoxy) is 1. The van der Waals surface area contributed by atoms with E-state index in [0.717, 1.165) is 18.4 Å². The molecule has 2 aromatic rings. The summed E-state index contributed by atoms with van der Waals surface area (Å²) in [6.07, 6.45) is 1.76. The molecule has 144 valence electrons. The van der Waals surface area contributed by atoms with E-state index in [1.54, 1.807) is 31.4 Å². The Kier molecular flexibility index (Phi) is 5.67. The van der Waals surface area contributed by atoms with Crippen molar-refractivity contribution in [3.8, 4) is 11.5 Å². The highest BCUT2D eigenvalue weighted by atomic mass is 32.2. The summed E-state index contributed by atoms with van der Waals surface area (Å²) >= 11 is 0. The number of amides is 1. The van der Waals surface area contributed by atoms with E-state index >= 15 is 0 Å². The largest absolute Gasteiger partial charge is 0.506 e. The fourth-order valence-electron chi connectivity index (χ4n) is 2.98. The number of sulfonamides is 1. The molecule has 1 fully saturated rings. The number of hydrogen-bond acceptors (Lipinski definition) is 5. The lowest BCUT2D eigenvalue weighted by molar-refractivity contribution is -0.115. The van der Waals surface area contributed by atoms with Crippen molar-refractivity contribution in [3.05, 3.63) is 48.0 Å². The monoisotopic (exact) mass is 390 g/mol. The number of benzene rings is 2. The molecular formula is C19H22N2O5S. The molecule has 1 amide bonds. The lowest BCUT2D eigenvalue weighted by atomic mass is 10.1. The Morgan fingerprint density at radius 2 is 1.81 bits per heavy atom. The van der Waals surface area contributed by atoms with Crippen LogP contribution in [0.15, 0.2) is 47.4 Å². The highest BCUT2D eigenvalue weighted by molar-refractivity contribution is 7.89. The summed E-state index contributed by atoms with van der Waals surface area (Å²) in [5.41, 5.74) is 0.849. The lowest BCUT2D eigenvalue weighted by Gasteiger charge is -2.16.